The van der Waals surface area contributed by atoms with Crippen LogP contribution in [-0.2, 0) is 14.3 Å². The minimum atomic E-state index is -0.374. The van der Waals surface area contributed by atoms with Crippen LogP contribution in [0.2, 0.25) is 0 Å². The number of nitrogens with zero attached hydrogens (tertiary/aromatic N) is 3. The highest BCUT2D eigenvalue weighted by Crippen LogP contribution is 2.23. The second-order valence-corrected chi connectivity index (χ2v) is 7.10. The lowest BCUT2D eigenvalue weighted by molar-refractivity contribution is -0.146. The van der Waals surface area contributed by atoms with Crippen molar-refractivity contribution in [3.8, 4) is 0 Å². The van der Waals surface area contributed by atoms with E-state index >= 15 is 0 Å². The number of carbonyl (C=O) groups is 2. The maximum Gasteiger partial charge on any atom is 0.251 e. The molecule has 6 heteroatoms. The fraction of sp³-hybridized carbons (Fsp3) is 0.429. The van der Waals surface area contributed by atoms with Crippen LogP contribution in [0.4, 0.5) is 0 Å². The van der Waals surface area contributed by atoms with Gasteiger partial charge in [0.05, 0.1) is 0 Å². The standard InChI is InChI=1S/C21H25N3O3/c25-20(18-9-6-16-27-18)23-12-14-24(15-13-23)21(26)19(22-10-4-5-11-22)17-7-2-1-3-8-17/h1-5,7-8,10-11,18-19H,6,9,12-16H2/t18-,19-/m0/s1. The number of ether oxygens (including phenoxy) is 1. The zero-order chi connectivity index (χ0) is 18.6. The summed E-state index contributed by atoms with van der Waals surface area (Å²) in [5.41, 5.74) is 0.969. The van der Waals surface area contributed by atoms with Crippen LogP contribution < -0.4 is 0 Å². The van der Waals surface area contributed by atoms with Crippen LogP contribution in [0.15, 0.2) is 54.9 Å². The Kier molecular flexibility index (Phi) is 5.25. The van der Waals surface area contributed by atoms with Crippen molar-refractivity contribution in [1.29, 1.82) is 0 Å². The van der Waals surface area contributed by atoms with Gasteiger partial charge in [-0.05, 0) is 30.5 Å². The van der Waals surface area contributed by atoms with Gasteiger partial charge in [0.1, 0.15) is 12.1 Å². The first kappa shape index (κ1) is 17.8. The zero-order valence-corrected chi connectivity index (χ0v) is 15.4. The first-order valence-corrected chi connectivity index (χ1v) is 9.60. The Morgan fingerprint density at radius 1 is 0.926 bits per heavy atom. The van der Waals surface area contributed by atoms with Gasteiger partial charge in [-0.25, -0.2) is 0 Å². The predicted octanol–water partition coefficient (Wildman–Crippen LogP) is 1.93. The summed E-state index contributed by atoms with van der Waals surface area (Å²) in [6.07, 6.45) is 5.32. The van der Waals surface area contributed by atoms with E-state index in [0.717, 1.165) is 18.4 Å². The molecular weight excluding hydrogens is 342 g/mol. The van der Waals surface area contributed by atoms with Crippen LogP contribution in [0.5, 0.6) is 0 Å². The Labute approximate surface area is 159 Å². The number of hydrogen-bond donors (Lipinski definition) is 0. The van der Waals surface area contributed by atoms with Crippen molar-refractivity contribution in [3.05, 3.63) is 60.4 Å². The topological polar surface area (TPSA) is 54.8 Å². The maximum atomic E-state index is 13.3. The van der Waals surface area contributed by atoms with Gasteiger partial charge in [-0.15, -0.1) is 0 Å². The Morgan fingerprint density at radius 3 is 2.22 bits per heavy atom. The molecule has 3 heterocycles. The monoisotopic (exact) mass is 367 g/mol. The number of rotatable bonds is 4. The largest absolute Gasteiger partial charge is 0.368 e. The molecule has 27 heavy (non-hydrogen) atoms. The second-order valence-electron chi connectivity index (χ2n) is 7.10. The van der Waals surface area contributed by atoms with Gasteiger partial charge in [-0.1, -0.05) is 30.3 Å². The molecule has 0 radical (unpaired) electrons. The van der Waals surface area contributed by atoms with E-state index in [0.29, 0.717) is 32.8 Å². The van der Waals surface area contributed by atoms with E-state index in [4.69, 9.17) is 4.74 Å². The van der Waals surface area contributed by atoms with Crippen molar-refractivity contribution in [2.75, 3.05) is 32.8 Å². The number of aromatic nitrogens is 1. The van der Waals surface area contributed by atoms with E-state index in [1.165, 1.54) is 0 Å². The van der Waals surface area contributed by atoms with Gasteiger partial charge in [0.15, 0.2) is 0 Å². The van der Waals surface area contributed by atoms with E-state index < -0.39 is 0 Å². The Hall–Kier alpha value is -2.60. The van der Waals surface area contributed by atoms with Gasteiger partial charge in [0.25, 0.3) is 5.91 Å². The molecule has 2 saturated heterocycles. The molecule has 142 valence electrons. The average molecular weight is 367 g/mol. The molecule has 0 aliphatic carbocycles. The molecule has 0 N–H and O–H groups in total. The third-order valence-corrected chi connectivity index (χ3v) is 5.38. The quantitative estimate of drug-likeness (QED) is 0.830. The fourth-order valence-corrected chi connectivity index (χ4v) is 3.89. The molecule has 0 saturated carbocycles. The first-order valence-electron chi connectivity index (χ1n) is 9.60. The van der Waals surface area contributed by atoms with Gasteiger partial charge in [-0.2, -0.15) is 0 Å². The van der Waals surface area contributed by atoms with Gasteiger partial charge in [0, 0.05) is 45.2 Å². The molecule has 0 unspecified atom stereocenters. The molecule has 2 fully saturated rings. The lowest BCUT2D eigenvalue weighted by atomic mass is 10.0. The minimum Gasteiger partial charge on any atom is -0.368 e. The normalized spacial score (nSPS) is 21.3. The molecule has 0 bridgehead atoms. The molecule has 0 spiro atoms. The smallest absolute Gasteiger partial charge is 0.251 e. The van der Waals surface area contributed by atoms with Crippen LogP contribution >= 0.6 is 0 Å². The molecule has 1 aromatic heterocycles. The SMILES string of the molecule is O=C([C@@H]1CCCO1)N1CCN(C(=O)[C@H](c2ccccc2)n2cccc2)CC1. The van der Waals surface area contributed by atoms with Crippen molar-refractivity contribution >= 4 is 11.8 Å². The summed E-state index contributed by atoms with van der Waals surface area (Å²) >= 11 is 0. The van der Waals surface area contributed by atoms with E-state index in [9.17, 15) is 9.59 Å². The molecule has 4 rings (SSSR count). The first-order chi connectivity index (χ1) is 13.2. The second kappa shape index (κ2) is 7.96. The number of benzene rings is 1. The summed E-state index contributed by atoms with van der Waals surface area (Å²) in [6.45, 7) is 2.92. The molecule has 2 amide bonds. The third-order valence-electron chi connectivity index (χ3n) is 5.38. The van der Waals surface area contributed by atoms with E-state index in [1.807, 2.05) is 69.2 Å². The highest BCUT2D eigenvalue weighted by molar-refractivity contribution is 5.85. The lowest BCUT2D eigenvalue weighted by Gasteiger charge is -2.37. The summed E-state index contributed by atoms with van der Waals surface area (Å²) in [7, 11) is 0. The summed E-state index contributed by atoms with van der Waals surface area (Å²) in [5.74, 6) is 0.145. The van der Waals surface area contributed by atoms with Gasteiger partial charge >= 0.3 is 0 Å². The van der Waals surface area contributed by atoms with Gasteiger partial charge in [0.2, 0.25) is 5.91 Å². The van der Waals surface area contributed by atoms with Crippen LogP contribution in [-0.4, -0.2) is 65.1 Å². The molecule has 2 aliphatic heterocycles. The summed E-state index contributed by atoms with van der Waals surface area (Å²) < 4.78 is 7.46. The number of piperazine rings is 1. The summed E-state index contributed by atoms with van der Waals surface area (Å²) in [5, 5.41) is 0. The number of amides is 2. The van der Waals surface area contributed by atoms with Crippen molar-refractivity contribution in [1.82, 2.24) is 14.4 Å². The molecule has 2 aliphatic rings. The predicted molar refractivity (Wildman–Crippen MR) is 101 cm³/mol. The Balaban J connectivity index is 1.45. The van der Waals surface area contributed by atoms with Gasteiger partial charge < -0.3 is 19.1 Å². The fourth-order valence-electron chi connectivity index (χ4n) is 3.89. The van der Waals surface area contributed by atoms with E-state index in [2.05, 4.69) is 0 Å². The number of carbonyl (C=O) groups excluding carboxylic acids is 2. The molecule has 6 nitrogen and oxygen atoms in total. The van der Waals surface area contributed by atoms with Crippen molar-refractivity contribution in [2.24, 2.45) is 0 Å². The van der Waals surface area contributed by atoms with E-state index in [1.54, 1.807) is 0 Å². The highest BCUT2D eigenvalue weighted by atomic mass is 16.5. The summed E-state index contributed by atoms with van der Waals surface area (Å²) in [4.78, 5) is 29.5. The van der Waals surface area contributed by atoms with Crippen molar-refractivity contribution < 1.29 is 14.3 Å². The molecule has 2 atom stereocenters. The number of hydrogen-bond acceptors (Lipinski definition) is 3. The Morgan fingerprint density at radius 2 is 1.59 bits per heavy atom. The minimum absolute atomic E-state index is 0.0709. The summed E-state index contributed by atoms with van der Waals surface area (Å²) in [6, 6.07) is 13.3. The zero-order valence-electron chi connectivity index (χ0n) is 15.4. The van der Waals surface area contributed by atoms with Crippen molar-refractivity contribution in [3.63, 3.8) is 0 Å². The maximum absolute atomic E-state index is 13.3. The van der Waals surface area contributed by atoms with Crippen LogP contribution in [0.3, 0.4) is 0 Å². The van der Waals surface area contributed by atoms with Crippen molar-refractivity contribution in [2.45, 2.75) is 25.0 Å². The highest BCUT2D eigenvalue weighted by Gasteiger charge is 2.33. The van der Waals surface area contributed by atoms with Gasteiger partial charge in [-0.3, -0.25) is 9.59 Å². The molecule has 1 aromatic carbocycles. The van der Waals surface area contributed by atoms with Crippen LogP contribution in [0.1, 0.15) is 24.4 Å². The van der Waals surface area contributed by atoms with Crippen LogP contribution in [0.25, 0.3) is 0 Å². The lowest BCUT2D eigenvalue weighted by Crippen LogP contribution is -2.54. The molecule has 2 aromatic rings. The molecular formula is C21H25N3O3. The van der Waals surface area contributed by atoms with E-state index in [-0.39, 0.29) is 24.0 Å². The third kappa shape index (κ3) is 3.76. The van der Waals surface area contributed by atoms with Crippen LogP contribution in [0, 0.1) is 0 Å². The average Bonchev–Trinajstić information content (AvgIpc) is 3.43. The Bertz CT molecular complexity index is 761.